The van der Waals surface area contributed by atoms with E-state index in [-0.39, 0.29) is 0 Å². The largest absolute Gasteiger partial charge is 0.364 e. The summed E-state index contributed by atoms with van der Waals surface area (Å²) < 4.78 is 2.23. The van der Waals surface area contributed by atoms with E-state index in [4.69, 9.17) is 5.73 Å². The molecule has 2 heterocycles. The average Bonchev–Trinajstić information content (AvgIpc) is 2.42. The summed E-state index contributed by atoms with van der Waals surface area (Å²) in [6, 6.07) is 5.46. The van der Waals surface area contributed by atoms with Gasteiger partial charge in [0.05, 0.1) is 13.1 Å². The Balaban J connectivity index is 2.67. The van der Waals surface area contributed by atoms with Crippen molar-refractivity contribution in [2.24, 2.45) is 5.73 Å². The number of primary amides is 1. The molecule has 0 aliphatic heterocycles. The molecule has 0 bridgehead atoms. The van der Waals surface area contributed by atoms with Crippen molar-refractivity contribution in [3.8, 4) is 0 Å². The highest BCUT2D eigenvalue weighted by molar-refractivity contribution is 14.1. The molecule has 2 aromatic rings. The molecule has 0 aliphatic carbocycles. The molecule has 0 atom stereocenters. The van der Waals surface area contributed by atoms with Gasteiger partial charge in [-0.1, -0.05) is 0 Å². The van der Waals surface area contributed by atoms with Gasteiger partial charge in [0, 0.05) is 0 Å². The van der Waals surface area contributed by atoms with Gasteiger partial charge in [-0.05, 0) is 40.8 Å². The summed E-state index contributed by atoms with van der Waals surface area (Å²) in [6.07, 6.45) is 0. The van der Waals surface area contributed by atoms with Crippen molar-refractivity contribution in [2.45, 2.75) is 0 Å². The number of hydrogen-bond acceptors (Lipinski definition) is 3. The Morgan fingerprint density at radius 1 is 1.54 bits per heavy atom. The van der Waals surface area contributed by atoms with Gasteiger partial charge in [0.1, 0.15) is 5.69 Å². The van der Waals surface area contributed by atoms with Crippen molar-refractivity contribution in [3.63, 3.8) is 0 Å². The van der Waals surface area contributed by atoms with Gasteiger partial charge >= 0.3 is 0 Å². The summed E-state index contributed by atoms with van der Waals surface area (Å²) in [6.45, 7) is 0. The molecule has 0 saturated heterocycles. The second-order valence-electron chi connectivity index (χ2n) is 2.49. The number of carbonyl (C=O) groups is 1. The number of carbonyl (C=O) groups excluding carboxylic acids is 1. The van der Waals surface area contributed by atoms with Crippen LogP contribution in [0.25, 0.3) is 10.2 Å². The minimum atomic E-state index is -0.483. The smallest absolute Gasteiger partial charge is 0.267 e. The molecule has 0 saturated carbocycles. The first kappa shape index (κ1) is 8.89. The van der Waals surface area contributed by atoms with Gasteiger partial charge in [0.25, 0.3) is 5.91 Å². The number of fused-ring (bicyclic) bond motifs is 1. The predicted octanol–water partition coefficient (Wildman–Crippen LogP) is 2.00. The fourth-order valence-electron chi connectivity index (χ4n) is 1.03. The van der Waals surface area contributed by atoms with Crippen molar-refractivity contribution in [1.82, 2.24) is 4.98 Å². The van der Waals surface area contributed by atoms with E-state index in [9.17, 15) is 4.79 Å². The zero-order chi connectivity index (χ0) is 9.42. The van der Waals surface area contributed by atoms with Gasteiger partial charge in [-0.25, -0.2) is 4.98 Å². The van der Waals surface area contributed by atoms with Gasteiger partial charge in [-0.2, -0.15) is 0 Å². The highest BCUT2D eigenvalue weighted by atomic mass is 127. The molecule has 0 unspecified atom stereocenters. The molecular formula is C8H5IN2OS. The van der Waals surface area contributed by atoms with Crippen molar-refractivity contribution < 1.29 is 4.79 Å². The molecule has 13 heavy (non-hydrogen) atoms. The molecule has 2 aromatic heterocycles. The number of nitrogens with two attached hydrogens (primary N) is 1. The molecule has 0 fully saturated rings. The van der Waals surface area contributed by atoms with Crippen molar-refractivity contribution >= 4 is 50.1 Å². The first-order chi connectivity index (χ1) is 6.16. The molecule has 3 nitrogen and oxygen atoms in total. The zero-order valence-electron chi connectivity index (χ0n) is 6.45. The maximum Gasteiger partial charge on any atom is 0.267 e. The van der Waals surface area contributed by atoms with Crippen LogP contribution in [-0.2, 0) is 0 Å². The highest BCUT2D eigenvalue weighted by Crippen LogP contribution is 2.25. The minimum absolute atomic E-state index is 0.321. The fraction of sp³-hybridized carbons (Fsp3) is 0. The van der Waals surface area contributed by atoms with E-state index in [0.29, 0.717) is 5.69 Å². The Hall–Kier alpha value is -0.690. The van der Waals surface area contributed by atoms with E-state index in [2.05, 4.69) is 27.6 Å². The Kier molecular flexibility index (Phi) is 2.20. The molecule has 0 spiro atoms. The van der Waals surface area contributed by atoms with Crippen LogP contribution in [0.3, 0.4) is 0 Å². The number of halogens is 1. The van der Waals surface area contributed by atoms with E-state index in [1.54, 1.807) is 17.4 Å². The van der Waals surface area contributed by atoms with Crippen LogP contribution < -0.4 is 5.73 Å². The summed E-state index contributed by atoms with van der Waals surface area (Å²) in [4.78, 5) is 14.9. The first-order valence-corrected chi connectivity index (χ1v) is 5.42. The number of pyridine rings is 1. The Morgan fingerprint density at radius 2 is 2.31 bits per heavy atom. The summed E-state index contributed by atoms with van der Waals surface area (Å²) >= 11 is 3.87. The molecule has 0 aromatic carbocycles. The van der Waals surface area contributed by atoms with Crippen LogP contribution in [0, 0.1) is 2.88 Å². The maximum absolute atomic E-state index is 10.8. The summed E-state index contributed by atoms with van der Waals surface area (Å²) in [5, 5.41) is 0. The zero-order valence-corrected chi connectivity index (χ0v) is 9.43. The number of rotatable bonds is 1. The Morgan fingerprint density at radius 3 is 3.00 bits per heavy atom. The monoisotopic (exact) mass is 304 g/mol. The molecular weight excluding hydrogens is 299 g/mol. The van der Waals surface area contributed by atoms with Crippen molar-refractivity contribution in [1.29, 1.82) is 0 Å². The number of aromatic nitrogens is 1. The van der Waals surface area contributed by atoms with Crippen LogP contribution in [0.15, 0.2) is 18.2 Å². The Bertz CT molecular complexity index is 480. The molecule has 1 amide bonds. The van der Waals surface area contributed by atoms with E-state index in [0.717, 1.165) is 13.1 Å². The molecule has 5 heteroatoms. The molecule has 0 radical (unpaired) electrons. The van der Waals surface area contributed by atoms with Gasteiger partial charge in [-0.15, -0.1) is 11.3 Å². The third-order valence-corrected chi connectivity index (χ3v) is 3.45. The van der Waals surface area contributed by atoms with Crippen LogP contribution in [0.1, 0.15) is 10.5 Å². The van der Waals surface area contributed by atoms with Crippen LogP contribution >= 0.6 is 33.9 Å². The minimum Gasteiger partial charge on any atom is -0.364 e. The first-order valence-electron chi connectivity index (χ1n) is 3.53. The van der Waals surface area contributed by atoms with E-state index < -0.39 is 5.91 Å². The number of nitrogens with zero attached hydrogens (tertiary/aromatic N) is 1. The van der Waals surface area contributed by atoms with Crippen LogP contribution in [0.5, 0.6) is 0 Å². The molecule has 2 rings (SSSR count). The third kappa shape index (κ3) is 1.66. The topological polar surface area (TPSA) is 56.0 Å². The van der Waals surface area contributed by atoms with Crippen molar-refractivity contribution in [3.05, 3.63) is 26.8 Å². The number of thiophene rings is 1. The molecule has 66 valence electrons. The van der Waals surface area contributed by atoms with Gasteiger partial charge in [0.2, 0.25) is 0 Å². The quantitative estimate of drug-likeness (QED) is 0.819. The lowest BCUT2D eigenvalue weighted by Crippen LogP contribution is -2.12. The van der Waals surface area contributed by atoms with Gasteiger partial charge < -0.3 is 5.73 Å². The summed E-state index contributed by atoms with van der Waals surface area (Å²) in [7, 11) is 0. The normalized spacial score (nSPS) is 10.5. The SMILES string of the molecule is NC(=O)c1ccc2sc(I)cc2n1. The Labute approximate surface area is 92.1 Å². The lowest BCUT2D eigenvalue weighted by Gasteiger charge is -1.92. The van der Waals surface area contributed by atoms with Crippen LogP contribution in [0.4, 0.5) is 0 Å². The molecule has 2 N–H and O–H groups in total. The third-order valence-electron chi connectivity index (χ3n) is 1.60. The van der Waals surface area contributed by atoms with Gasteiger partial charge in [0.15, 0.2) is 0 Å². The summed E-state index contributed by atoms with van der Waals surface area (Å²) in [5.74, 6) is -0.483. The lowest BCUT2D eigenvalue weighted by atomic mass is 10.3. The van der Waals surface area contributed by atoms with E-state index in [1.807, 2.05) is 12.1 Å². The maximum atomic E-state index is 10.8. The predicted molar refractivity (Wildman–Crippen MR) is 60.9 cm³/mol. The highest BCUT2D eigenvalue weighted by Gasteiger charge is 2.05. The summed E-state index contributed by atoms with van der Waals surface area (Å²) in [5.41, 5.74) is 6.27. The lowest BCUT2D eigenvalue weighted by molar-refractivity contribution is 0.0996. The second kappa shape index (κ2) is 3.22. The van der Waals surface area contributed by atoms with E-state index in [1.165, 1.54) is 0 Å². The second-order valence-corrected chi connectivity index (χ2v) is 5.47. The molecule has 0 aliphatic rings. The van der Waals surface area contributed by atoms with E-state index >= 15 is 0 Å². The van der Waals surface area contributed by atoms with Crippen molar-refractivity contribution in [2.75, 3.05) is 0 Å². The number of amides is 1. The fourth-order valence-corrected chi connectivity index (χ4v) is 2.76. The number of hydrogen-bond donors (Lipinski definition) is 1. The average molecular weight is 304 g/mol. The van der Waals surface area contributed by atoms with Crippen LogP contribution in [-0.4, -0.2) is 10.9 Å². The standard InChI is InChI=1S/C8H5IN2OS/c9-7-3-5-6(13-7)2-1-4(11-5)8(10)12/h1-3H,(H2,10,12). The van der Waals surface area contributed by atoms with Gasteiger partial charge in [-0.3, -0.25) is 4.79 Å². The van der Waals surface area contributed by atoms with Crippen LogP contribution in [0.2, 0.25) is 0 Å².